The number of hydrogen-bond donors (Lipinski definition) is 3. The summed E-state index contributed by atoms with van der Waals surface area (Å²) in [6.45, 7) is 2.52. The van der Waals surface area contributed by atoms with E-state index in [0.29, 0.717) is 6.54 Å². The number of aliphatic hydroxyl groups excluding tert-OH is 2. The van der Waals surface area contributed by atoms with Gasteiger partial charge in [0.25, 0.3) is 0 Å². The van der Waals surface area contributed by atoms with Crippen molar-refractivity contribution in [2.24, 2.45) is 5.73 Å². The Balaban J connectivity index is 1.54. The monoisotopic (exact) mass is 412 g/mol. The Labute approximate surface area is 178 Å². The third-order valence-corrected chi connectivity index (χ3v) is 6.25. The van der Waals surface area contributed by atoms with E-state index < -0.39 is 6.29 Å². The largest absolute Gasteiger partial charge is 0.395 e. The highest BCUT2D eigenvalue weighted by Crippen LogP contribution is 2.38. The van der Waals surface area contributed by atoms with Crippen LogP contribution in [0, 0.1) is 0 Å². The molecule has 2 aliphatic rings. The lowest BCUT2D eigenvalue weighted by Crippen LogP contribution is -2.42. The molecule has 2 saturated heterocycles. The number of benzene rings is 2. The predicted octanol–water partition coefficient (Wildman–Crippen LogP) is 2.64. The molecule has 4 unspecified atom stereocenters. The molecule has 162 valence electrons. The van der Waals surface area contributed by atoms with Gasteiger partial charge in [-0.25, -0.2) is 0 Å². The van der Waals surface area contributed by atoms with Crippen molar-refractivity contribution in [1.82, 2.24) is 4.90 Å². The molecule has 4 N–H and O–H groups in total. The van der Waals surface area contributed by atoms with Gasteiger partial charge < -0.3 is 25.4 Å². The van der Waals surface area contributed by atoms with E-state index in [0.717, 1.165) is 54.6 Å². The highest BCUT2D eigenvalue weighted by Gasteiger charge is 2.35. The van der Waals surface area contributed by atoms with Crippen LogP contribution in [0.15, 0.2) is 48.5 Å². The minimum atomic E-state index is -0.451. The normalized spacial score (nSPS) is 27.4. The third kappa shape index (κ3) is 4.91. The first kappa shape index (κ1) is 21.4. The van der Waals surface area contributed by atoms with Crippen molar-refractivity contribution < 1.29 is 19.7 Å². The van der Waals surface area contributed by atoms with Gasteiger partial charge in [-0.15, -0.1) is 0 Å². The minimum Gasteiger partial charge on any atom is -0.395 e. The first-order valence-electron chi connectivity index (χ1n) is 10.8. The average molecular weight is 413 g/mol. The fourth-order valence-electron chi connectivity index (χ4n) is 4.45. The van der Waals surface area contributed by atoms with Gasteiger partial charge in [-0.05, 0) is 36.1 Å². The Hall–Kier alpha value is -1.80. The summed E-state index contributed by atoms with van der Waals surface area (Å²) in [7, 11) is 0. The zero-order chi connectivity index (χ0) is 20.9. The van der Waals surface area contributed by atoms with Gasteiger partial charge in [0.15, 0.2) is 6.29 Å². The van der Waals surface area contributed by atoms with Crippen LogP contribution in [-0.4, -0.2) is 47.0 Å². The molecule has 0 aliphatic carbocycles. The molecule has 0 bridgehead atoms. The number of ether oxygens (including phenoxy) is 2. The van der Waals surface area contributed by atoms with Gasteiger partial charge in [0.05, 0.1) is 25.4 Å². The van der Waals surface area contributed by atoms with Crippen LogP contribution in [-0.2, 0) is 22.6 Å². The van der Waals surface area contributed by atoms with E-state index in [1.54, 1.807) is 0 Å². The summed E-state index contributed by atoms with van der Waals surface area (Å²) in [5.41, 5.74) is 9.76. The maximum absolute atomic E-state index is 9.69. The molecular weight excluding hydrogens is 380 g/mol. The van der Waals surface area contributed by atoms with Gasteiger partial charge >= 0.3 is 0 Å². The molecule has 4 rings (SSSR count). The van der Waals surface area contributed by atoms with Crippen LogP contribution in [0.25, 0.3) is 0 Å². The maximum Gasteiger partial charge on any atom is 0.184 e. The zero-order valence-electron chi connectivity index (χ0n) is 17.3. The number of hydrogen-bond acceptors (Lipinski definition) is 6. The molecule has 0 spiro atoms. The van der Waals surface area contributed by atoms with Crippen molar-refractivity contribution in [2.75, 3.05) is 19.7 Å². The maximum atomic E-state index is 9.69. The summed E-state index contributed by atoms with van der Waals surface area (Å²) in [5, 5.41) is 19.0. The number of likely N-dealkylation sites (tertiary alicyclic amines) is 1. The van der Waals surface area contributed by atoms with E-state index in [1.807, 2.05) is 48.5 Å². The van der Waals surface area contributed by atoms with Gasteiger partial charge in [0.2, 0.25) is 0 Å². The Morgan fingerprint density at radius 3 is 2.30 bits per heavy atom. The lowest BCUT2D eigenvalue weighted by atomic mass is 9.99. The van der Waals surface area contributed by atoms with E-state index in [9.17, 15) is 10.2 Å². The molecule has 2 fully saturated rings. The van der Waals surface area contributed by atoms with E-state index in [-0.39, 0.29) is 31.5 Å². The first-order chi connectivity index (χ1) is 14.7. The van der Waals surface area contributed by atoms with Gasteiger partial charge in [-0.1, -0.05) is 48.5 Å². The molecule has 4 atom stereocenters. The van der Waals surface area contributed by atoms with E-state index in [2.05, 4.69) is 4.90 Å². The summed E-state index contributed by atoms with van der Waals surface area (Å²) >= 11 is 0. The van der Waals surface area contributed by atoms with Crippen molar-refractivity contribution >= 4 is 0 Å². The fourth-order valence-corrected chi connectivity index (χ4v) is 4.45. The number of rotatable bonds is 7. The zero-order valence-corrected chi connectivity index (χ0v) is 17.3. The molecule has 0 aromatic heterocycles. The molecule has 0 radical (unpaired) electrons. The highest BCUT2D eigenvalue weighted by atomic mass is 16.7. The molecule has 2 heterocycles. The van der Waals surface area contributed by atoms with Gasteiger partial charge in [-0.2, -0.15) is 0 Å². The summed E-state index contributed by atoms with van der Waals surface area (Å²) < 4.78 is 12.8. The molecule has 2 aliphatic heterocycles. The first-order valence-corrected chi connectivity index (χ1v) is 10.8. The van der Waals surface area contributed by atoms with Crippen molar-refractivity contribution in [1.29, 1.82) is 0 Å². The van der Waals surface area contributed by atoms with Gasteiger partial charge in [0, 0.05) is 31.1 Å². The molecule has 2 aromatic carbocycles. The van der Waals surface area contributed by atoms with Crippen LogP contribution in [0.1, 0.15) is 53.9 Å². The van der Waals surface area contributed by atoms with Crippen LogP contribution >= 0.6 is 0 Å². The highest BCUT2D eigenvalue weighted by molar-refractivity contribution is 5.26. The summed E-state index contributed by atoms with van der Waals surface area (Å²) in [4.78, 5) is 2.34. The average Bonchev–Trinajstić information content (AvgIpc) is 3.26. The molecule has 6 heteroatoms. The van der Waals surface area contributed by atoms with Crippen LogP contribution in [0.4, 0.5) is 0 Å². The Kier molecular flexibility index (Phi) is 7.15. The van der Waals surface area contributed by atoms with Crippen molar-refractivity contribution in [3.63, 3.8) is 0 Å². The smallest absolute Gasteiger partial charge is 0.184 e. The number of aliphatic hydroxyl groups is 2. The predicted molar refractivity (Wildman–Crippen MR) is 114 cm³/mol. The lowest BCUT2D eigenvalue weighted by molar-refractivity contribution is -0.253. The van der Waals surface area contributed by atoms with Gasteiger partial charge in [-0.3, -0.25) is 4.90 Å². The molecule has 0 amide bonds. The van der Waals surface area contributed by atoms with Crippen LogP contribution in [0.2, 0.25) is 0 Å². The Bertz CT molecular complexity index is 740. The van der Waals surface area contributed by atoms with E-state index >= 15 is 0 Å². The van der Waals surface area contributed by atoms with Crippen LogP contribution in [0.3, 0.4) is 0 Å². The molecule has 30 heavy (non-hydrogen) atoms. The molecule has 6 nitrogen and oxygen atoms in total. The number of nitrogens with zero attached hydrogens (tertiary/aromatic N) is 1. The second kappa shape index (κ2) is 10.0. The second-order valence-electron chi connectivity index (χ2n) is 8.27. The van der Waals surface area contributed by atoms with Crippen molar-refractivity contribution in [3.05, 3.63) is 70.8 Å². The lowest BCUT2D eigenvalue weighted by Gasteiger charge is -2.38. The summed E-state index contributed by atoms with van der Waals surface area (Å²) in [6, 6.07) is 16.2. The third-order valence-electron chi connectivity index (χ3n) is 6.25. The Morgan fingerprint density at radius 2 is 1.63 bits per heavy atom. The quantitative estimate of drug-likeness (QED) is 0.648. The summed E-state index contributed by atoms with van der Waals surface area (Å²) in [6.07, 6.45) is 2.37. The minimum absolute atomic E-state index is 0.00704. The summed E-state index contributed by atoms with van der Waals surface area (Å²) in [5.74, 6) is 0. The topological polar surface area (TPSA) is 88.2 Å². The fraction of sp³-hybridized carbons (Fsp3) is 0.500. The molecule has 0 saturated carbocycles. The Morgan fingerprint density at radius 1 is 0.933 bits per heavy atom. The van der Waals surface area contributed by atoms with Crippen LogP contribution < -0.4 is 5.73 Å². The SMILES string of the molecule is NCc1ccc(C2OC(CN3CCCC3CO)CC(c3ccc(CO)cc3)O2)cc1. The number of nitrogens with two attached hydrogens (primary N) is 1. The van der Waals surface area contributed by atoms with E-state index in [4.69, 9.17) is 15.2 Å². The van der Waals surface area contributed by atoms with Crippen molar-refractivity contribution in [3.8, 4) is 0 Å². The second-order valence-corrected chi connectivity index (χ2v) is 8.27. The standard InChI is InChI=1S/C24H32N2O4/c25-13-17-3-9-20(10-4-17)24-29-22(14-26-11-1-2-21(26)16-28)12-23(30-24)19-7-5-18(15-27)6-8-19/h3-10,21-24,27-28H,1-2,11-16,25H2. The van der Waals surface area contributed by atoms with Gasteiger partial charge in [0.1, 0.15) is 0 Å². The van der Waals surface area contributed by atoms with Crippen molar-refractivity contribution in [2.45, 2.75) is 57.0 Å². The van der Waals surface area contributed by atoms with Crippen LogP contribution in [0.5, 0.6) is 0 Å². The molecular formula is C24H32N2O4. The molecule has 2 aromatic rings. The van der Waals surface area contributed by atoms with E-state index in [1.165, 1.54) is 0 Å².